The van der Waals surface area contributed by atoms with E-state index in [4.69, 9.17) is 16.6 Å². The van der Waals surface area contributed by atoms with Gasteiger partial charge in [0.1, 0.15) is 48.3 Å². The topological polar surface area (TPSA) is 368 Å². The smallest absolute Gasteiger partial charge is 0.326 e. The molecule has 0 heterocycles. The molecular formula is C41H65N9O13S2. The molecule has 24 heteroatoms. The van der Waals surface area contributed by atoms with Gasteiger partial charge in [0.05, 0.1) is 6.61 Å². The molecule has 22 nitrogen and oxygen atoms in total. The molecule has 14 N–H and O–H groups in total. The summed E-state index contributed by atoms with van der Waals surface area (Å²) >= 11 is 5.45. The summed E-state index contributed by atoms with van der Waals surface area (Å²) in [7, 11) is 0. The third-order valence-electron chi connectivity index (χ3n) is 10.1. The van der Waals surface area contributed by atoms with Gasteiger partial charge in [-0.3, -0.25) is 43.2 Å². The minimum absolute atomic E-state index is 0.00332. The molecule has 1 aromatic carbocycles. The molecule has 0 aliphatic heterocycles. The predicted octanol–water partition coefficient (Wildman–Crippen LogP) is -2.46. The standard InChI is InChI=1S/C41H65N9O13S2/c1-6-22(4)33(40(61)47-28(41(62)63)18-23-10-8-7-9-11-23)50-39(60)32(21(2)3)49-37(58)25(12-14-30(43)52)45-36(57)27(16-17-65-5)46-38(59)29(20-64)48-35(56)26(13-15-31(53)54)44-34(55)24(42)19-51/h7-11,21-22,24-29,32-33,51,64H,6,12-20,42H2,1-5H3,(H2,43,52)(H,44,55)(H,45,57)(H,46,59)(H,47,61)(H,48,56)(H,49,58)(H,50,60)(H,53,54)(H,62,63)/t22-,24-,25-,26-,27-,28-,29-,32-,33-/m0/s1. The van der Waals surface area contributed by atoms with Crippen LogP contribution in [0.25, 0.3) is 0 Å². The van der Waals surface area contributed by atoms with Gasteiger partial charge in [-0.2, -0.15) is 24.4 Å². The molecule has 8 amide bonds. The van der Waals surface area contributed by atoms with E-state index in [0.29, 0.717) is 17.7 Å². The van der Waals surface area contributed by atoms with Crippen LogP contribution in [0.1, 0.15) is 71.8 Å². The highest BCUT2D eigenvalue weighted by molar-refractivity contribution is 7.98. The number of carbonyl (C=O) groups excluding carboxylic acids is 8. The number of thiol groups is 1. The molecule has 0 spiro atoms. The van der Waals surface area contributed by atoms with Gasteiger partial charge in [-0.1, -0.05) is 64.4 Å². The summed E-state index contributed by atoms with van der Waals surface area (Å²) in [5.74, 6) is -10.8. The summed E-state index contributed by atoms with van der Waals surface area (Å²) in [6, 6.07) is -2.43. The van der Waals surface area contributed by atoms with Crippen LogP contribution >= 0.6 is 24.4 Å². The summed E-state index contributed by atoms with van der Waals surface area (Å²) in [5, 5.41) is 45.6. The van der Waals surface area contributed by atoms with Crippen LogP contribution in [0.5, 0.6) is 0 Å². The van der Waals surface area contributed by atoms with Crippen molar-refractivity contribution in [2.24, 2.45) is 23.3 Å². The fourth-order valence-corrected chi connectivity index (χ4v) is 6.74. The molecule has 0 aliphatic carbocycles. The van der Waals surface area contributed by atoms with Gasteiger partial charge in [-0.15, -0.1) is 0 Å². The maximum Gasteiger partial charge on any atom is 0.326 e. The van der Waals surface area contributed by atoms with Crippen LogP contribution in [-0.4, -0.2) is 147 Å². The van der Waals surface area contributed by atoms with Crippen LogP contribution < -0.4 is 48.7 Å². The van der Waals surface area contributed by atoms with Crippen molar-refractivity contribution in [2.75, 3.05) is 24.4 Å². The number of hydrogen-bond donors (Lipinski definition) is 13. The molecule has 0 saturated carbocycles. The number of benzene rings is 1. The first-order valence-corrected chi connectivity index (χ1v) is 23.0. The molecule has 0 fully saturated rings. The quantitative estimate of drug-likeness (QED) is 0.0344. The number of carboxylic acids is 2. The molecule has 1 aromatic rings. The number of nitrogens with one attached hydrogen (secondary N) is 7. The minimum Gasteiger partial charge on any atom is -0.481 e. The number of aliphatic hydroxyl groups is 1. The van der Waals surface area contributed by atoms with Crippen molar-refractivity contribution in [2.45, 2.75) is 121 Å². The monoisotopic (exact) mass is 955 g/mol. The second kappa shape index (κ2) is 29.9. The molecule has 0 unspecified atom stereocenters. The Balaban J connectivity index is 3.32. The highest BCUT2D eigenvalue weighted by atomic mass is 32.2. The van der Waals surface area contributed by atoms with E-state index in [2.05, 4.69) is 49.8 Å². The van der Waals surface area contributed by atoms with Gasteiger partial charge in [0.25, 0.3) is 0 Å². The van der Waals surface area contributed by atoms with Gasteiger partial charge in [-0.25, -0.2) is 4.79 Å². The molecule has 364 valence electrons. The van der Waals surface area contributed by atoms with Crippen LogP contribution in [0.15, 0.2) is 30.3 Å². The lowest BCUT2D eigenvalue weighted by molar-refractivity contribution is -0.142. The summed E-state index contributed by atoms with van der Waals surface area (Å²) < 4.78 is 0. The van der Waals surface area contributed by atoms with Gasteiger partial charge in [0, 0.05) is 25.0 Å². The number of thioether (sulfide) groups is 1. The molecule has 0 aromatic heterocycles. The Morgan fingerprint density at radius 3 is 1.58 bits per heavy atom. The number of carboxylic acid groups (broad SMARTS) is 2. The number of hydrogen-bond acceptors (Lipinski definition) is 14. The maximum atomic E-state index is 13.9. The normalized spacial score (nSPS) is 15.2. The second-order valence-electron chi connectivity index (χ2n) is 15.6. The van der Waals surface area contributed by atoms with E-state index in [0.717, 1.165) is 0 Å². The first-order valence-electron chi connectivity index (χ1n) is 21.0. The Bertz CT molecular complexity index is 1790. The Morgan fingerprint density at radius 2 is 1.11 bits per heavy atom. The number of nitrogens with two attached hydrogens (primary N) is 2. The fraction of sp³-hybridized carbons (Fsp3) is 0.610. The minimum atomic E-state index is -1.50. The molecule has 65 heavy (non-hydrogen) atoms. The van der Waals surface area contributed by atoms with E-state index >= 15 is 0 Å². The molecule has 0 aliphatic rings. The second-order valence-corrected chi connectivity index (χ2v) is 17.0. The van der Waals surface area contributed by atoms with Crippen molar-refractivity contribution < 1.29 is 63.3 Å². The van der Waals surface area contributed by atoms with E-state index < -0.39 is 139 Å². The van der Waals surface area contributed by atoms with Gasteiger partial charge in [0.15, 0.2) is 0 Å². The zero-order chi connectivity index (χ0) is 49.4. The Morgan fingerprint density at radius 1 is 0.646 bits per heavy atom. The SMILES string of the molecule is CC[C@H](C)[C@H](NC(=O)[C@@H](NC(=O)[C@H](CCC(N)=O)NC(=O)[C@H](CCSC)NC(=O)[C@H](CS)NC(=O)[C@H](CCC(=O)O)NC(=O)[C@@H](N)CO)C(C)C)C(=O)N[C@@H](Cc1ccccc1)C(=O)O. The third kappa shape index (κ3) is 20.9. The largest absolute Gasteiger partial charge is 0.481 e. The molecule has 0 bridgehead atoms. The summed E-state index contributed by atoms with van der Waals surface area (Å²) in [6.07, 6.45) is 0.403. The first-order chi connectivity index (χ1) is 30.6. The van der Waals surface area contributed by atoms with Crippen molar-refractivity contribution in [3.05, 3.63) is 35.9 Å². The molecule has 1 rings (SSSR count). The number of primary amides is 1. The van der Waals surface area contributed by atoms with E-state index in [1.165, 1.54) is 11.8 Å². The molecular weight excluding hydrogens is 891 g/mol. The van der Waals surface area contributed by atoms with Crippen LogP contribution in [0.3, 0.4) is 0 Å². The number of carbonyl (C=O) groups is 10. The Kier molecular flexibility index (Phi) is 26.5. The fourth-order valence-electron chi connectivity index (χ4n) is 6.01. The van der Waals surface area contributed by atoms with Crippen LogP contribution in [0.4, 0.5) is 0 Å². The number of amides is 8. The zero-order valence-corrected chi connectivity index (χ0v) is 38.9. The number of aliphatic carboxylic acids is 2. The van der Waals surface area contributed by atoms with Crippen molar-refractivity contribution >= 4 is 83.6 Å². The van der Waals surface area contributed by atoms with E-state index in [-0.39, 0.29) is 31.4 Å². The van der Waals surface area contributed by atoms with E-state index in [1.54, 1.807) is 64.3 Å². The highest BCUT2D eigenvalue weighted by Gasteiger charge is 2.36. The van der Waals surface area contributed by atoms with Crippen molar-refractivity contribution in [3.8, 4) is 0 Å². The Hall–Kier alpha value is -5.46. The average molecular weight is 956 g/mol. The highest BCUT2D eigenvalue weighted by Crippen LogP contribution is 2.13. The van der Waals surface area contributed by atoms with Crippen molar-refractivity contribution in [1.29, 1.82) is 0 Å². The number of aliphatic hydroxyl groups excluding tert-OH is 1. The summed E-state index contributed by atoms with van der Waals surface area (Å²) in [6.45, 7) is 5.90. The van der Waals surface area contributed by atoms with Crippen molar-refractivity contribution in [1.82, 2.24) is 37.2 Å². The lowest BCUT2D eigenvalue weighted by Crippen LogP contribution is -2.61. The van der Waals surface area contributed by atoms with Crippen LogP contribution in [0.2, 0.25) is 0 Å². The molecule has 9 atom stereocenters. The van der Waals surface area contributed by atoms with Crippen molar-refractivity contribution in [3.63, 3.8) is 0 Å². The van der Waals surface area contributed by atoms with E-state index in [9.17, 15) is 58.2 Å². The predicted molar refractivity (Wildman–Crippen MR) is 243 cm³/mol. The van der Waals surface area contributed by atoms with Gasteiger partial charge in [0.2, 0.25) is 47.3 Å². The summed E-state index contributed by atoms with van der Waals surface area (Å²) in [4.78, 5) is 129. The molecule has 0 saturated heterocycles. The van der Waals surface area contributed by atoms with Crippen LogP contribution in [0, 0.1) is 11.8 Å². The average Bonchev–Trinajstić information content (AvgIpc) is 3.26. The summed E-state index contributed by atoms with van der Waals surface area (Å²) in [5.41, 5.74) is 11.6. The molecule has 0 radical (unpaired) electrons. The Labute approximate surface area is 387 Å². The van der Waals surface area contributed by atoms with Gasteiger partial charge >= 0.3 is 11.9 Å². The van der Waals surface area contributed by atoms with Crippen LogP contribution in [-0.2, 0) is 54.4 Å². The van der Waals surface area contributed by atoms with Gasteiger partial charge < -0.3 is 64.0 Å². The third-order valence-corrected chi connectivity index (χ3v) is 11.1. The maximum absolute atomic E-state index is 13.9. The number of rotatable bonds is 31. The lowest BCUT2D eigenvalue weighted by Gasteiger charge is -2.30. The van der Waals surface area contributed by atoms with E-state index in [1.807, 2.05) is 0 Å². The van der Waals surface area contributed by atoms with Gasteiger partial charge in [-0.05, 0) is 48.7 Å². The first kappa shape index (κ1) is 57.6. The lowest BCUT2D eigenvalue weighted by atomic mass is 9.95. The zero-order valence-electron chi connectivity index (χ0n) is 37.2.